The Labute approximate surface area is 315 Å². The van der Waals surface area contributed by atoms with Crippen LogP contribution < -0.4 is 5.30 Å². The van der Waals surface area contributed by atoms with Crippen LogP contribution in [0, 0.1) is 0 Å². The highest BCUT2D eigenvalue weighted by Crippen LogP contribution is 2.56. The van der Waals surface area contributed by atoms with Crippen LogP contribution in [0.5, 0.6) is 0 Å². The van der Waals surface area contributed by atoms with Gasteiger partial charge in [-0.15, -0.1) is 0 Å². The molecule has 2 aliphatic rings. The molecule has 0 N–H and O–H groups in total. The van der Waals surface area contributed by atoms with E-state index in [2.05, 4.69) is 146 Å². The summed E-state index contributed by atoms with van der Waals surface area (Å²) >= 11 is 0. The predicted octanol–water partition coefficient (Wildman–Crippen LogP) is 13.0. The lowest BCUT2D eigenvalue weighted by atomic mass is 9.92. The van der Waals surface area contributed by atoms with Crippen molar-refractivity contribution >= 4 is 56.5 Å². The maximum Gasteiger partial charge on any atom is 0.101 e. The highest BCUT2D eigenvalue weighted by molar-refractivity contribution is 7.84. The zero-order valence-electron chi connectivity index (χ0n) is 31.3. The van der Waals surface area contributed by atoms with Crippen LogP contribution in [0.25, 0.3) is 32.3 Å². The van der Waals surface area contributed by atoms with Gasteiger partial charge >= 0.3 is 0 Å². The average Bonchev–Trinajstić information content (AvgIpc) is 3.18. The molecule has 0 radical (unpaired) electrons. The van der Waals surface area contributed by atoms with Gasteiger partial charge in [-0.2, -0.15) is 0 Å². The van der Waals surface area contributed by atoms with Crippen molar-refractivity contribution in [3.8, 4) is 0 Å². The molecular formula is C48H54NOPS. The van der Waals surface area contributed by atoms with Crippen LogP contribution in [0.1, 0.15) is 108 Å². The fraction of sp³-hybridized carbons (Fsp3) is 0.375. The first kappa shape index (κ1) is 35.7. The van der Waals surface area contributed by atoms with Crippen molar-refractivity contribution in [1.82, 2.24) is 4.31 Å². The maximum atomic E-state index is 15.5. The fourth-order valence-corrected chi connectivity index (χ4v) is 14.7. The molecule has 4 heteroatoms. The average molecular weight is 724 g/mol. The van der Waals surface area contributed by atoms with Crippen LogP contribution in [0.2, 0.25) is 0 Å². The summed E-state index contributed by atoms with van der Waals surface area (Å²) in [5.74, 6) is 0. The van der Waals surface area contributed by atoms with Gasteiger partial charge < -0.3 is 0 Å². The van der Waals surface area contributed by atoms with Crippen molar-refractivity contribution in [1.29, 1.82) is 0 Å². The fourth-order valence-electron chi connectivity index (χ4n) is 9.36. The van der Waals surface area contributed by atoms with Gasteiger partial charge in [-0.3, -0.25) is 0 Å². The second-order valence-corrected chi connectivity index (χ2v) is 21.2. The van der Waals surface area contributed by atoms with Gasteiger partial charge in [0.05, 0.1) is 10.8 Å². The van der Waals surface area contributed by atoms with Crippen molar-refractivity contribution in [2.45, 2.75) is 114 Å². The summed E-state index contributed by atoms with van der Waals surface area (Å²) in [5, 5.41) is 9.02. The second kappa shape index (κ2) is 15.5. The molecule has 0 bridgehead atoms. The van der Waals surface area contributed by atoms with Crippen LogP contribution in [0.15, 0.2) is 121 Å². The number of rotatable bonds is 9. The van der Waals surface area contributed by atoms with Crippen molar-refractivity contribution < 1.29 is 4.21 Å². The van der Waals surface area contributed by atoms with Gasteiger partial charge in [-0.1, -0.05) is 162 Å². The molecule has 2 fully saturated rings. The standard InChI is InChI=1S/C48H54NOPS/c1-48(2,3)52(50)49(34-45-41-28-14-11-20-36(41)33-37-21-12-15-29-42(37)45)47(43-31-18-22-35-19-10-13-27-40(35)43)44-30-16-17-32-46(44)51(38-23-6-4-7-24-38)39-25-8-5-9-26-39/h10-22,27-33,38-39,47H,4-9,23-26,34H2,1-3H3/t47-,52?/m0/s1. The number of hydrogen-bond donors (Lipinski definition) is 0. The maximum absolute atomic E-state index is 15.5. The SMILES string of the molecule is CC(C)(C)S(=O)N(Cc1c2ccccc2cc2ccccc12)[C@H](c1ccccc1P(C1CCCCC1)C1CCCCC1)c1cccc2ccccc12. The molecule has 0 aliphatic heterocycles. The van der Waals surface area contributed by atoms with E-state index in [9.17, 15) is 0 Å². The molecular weight excluding hydrogens is 670 g/mol. The largest absolute Gasteiger partial charge is 0.242 e. The quantitative estimate of drug-likeness (QED) is 0.107. The summed E-state index contributed by atoms with van der Waals surface area (Å²) in [5.41, 5.74) is 5.43. The first-order valence-electron chi connectivity index (χ1n) is 19.8. The molecule has 2 nitrogen and oxygen atoms in total. The Morgan fingerprint density at radius 2 is 1.08 bits per heavy atom. The van der Waals surface area contributed by atoms with E-state index in [1.54, 1.807) is 5.30 Å². The smallest absolute Gasteiger partial charge is 0.101 e. The van der Waals surface area contributed by atoms with Crippen LogP contribution in [-0.2, 0) is 17.5 Å². The van der Waals surface area contributed by atoms with E-state index in [4.69, 9.17) is 0 Å². The molecule has 268 valence electrons. The summed E-state index contributed by atoms with van der Waals surface area (Å²) in [6.45, 7) is 7.04. The van der Waals surface area contributed by atoms with Gasteiger partial charge in [-0.05, 0) is 118 Å². The number of benzene rings is 6. The van der Waals surface area contributed by atoms with Crippen LogP contribution >= 0.6 is 7.92 Å². The third kappa shape index (κ3) is 7.14. The zero-order chi connectivity index (χ0) is 35.7. The lowest BCUT2D eigenvalue weighted by molar-refractivity contribution is 0.374. The molecule has 1 unspecified atom stereocenters. The minimum Gasteiger partial charge on any atom is -0.242 e. The molecule has 0 aromatic heterocycles. The Kier molecular flexibility index (Phi) is 10.7. The minimum absolute atomic E-state index is 0.183. The number of fused-ring (bicyclic) bond motifs is 3. The minimum atomic E-state index is -1.33. The van der Waals surface area contributed by atoms with Crippen molar-refractivity contribution in [3.63, 3.8) is 0 Å². The monoisotopic (exact) mass is 723 g/mol. The molecule has 6 aromatic rings. The van der Waals surface area contributed by atoms with Crippen molar-refractivity contribution in [2.75, 3.05) is 0 Å². The van der Waals surface area contributed by atoms with Crippen molar-refractivity contribution in [2.24, 2.45) is 0 Å². The van der Waals surface area contributed by atoms with Gasteiger partial charge in [-0.25, -0.2) is 8.51 Å². The first-order chi connectivity index (χ1) is 25.4. The Balaban J connectivity index is 1.40. The summed E-state index contributed by atoms with van der Waals surface area (Å²) in [4.78, 5) is 0. The molecule has 0 amide bonds. The molecule has 0 heterocycles. The van der Waals surface area contributed by atoms with E-state index in [1.165, 1.54) is 113 Å². The van der Waals surface area contributed by atoms with E-state index in [1.807, 2.05) is 0 Å². The summed E-state index contributed by atoms with van der Waals surface area (Å²) in [6.07, 6.45) is 13.6. The van der Waals surface area contributed by atoms with Gasteiger partial charge in [0, 0.05) is 6.54 Å². The first-order valence-corrected chi connectivity index (χ1v) is 22.4. The van der Waals surface area contributed by atoms with Crippen molar-refractivity contribution in [3.05, 3.63) is 138 Å². The van der Waals surface area contributed by atoms with Gasteiger partial charge in [0.2, 0.25) is 0 Å². The lowest BCUT2D eigenvalue weighted by Gasteiger charge is -2.42. The lowest BCUT2D eigenvalue weighted by Crippen LogP contribution is -2.41. The van der Waals surface area contributed by atoms with E-state index < -0.39 is 23.7 Å². The van der Waals surface area contributed by atoms with E-state index in [0.29, 0.717) is 6.54 Å². The highest BCUT2D eigenvalue weighted by atomic mass is 32.2. The Morgan fingerprint density at radius 1 is 0.596 bits per heavy atom. The zero-order valence-corrected chi connectivity index (χ0v) is 33.0. The summed E-state index contributed by atoms with van der Waals surface area (Å²) in [6, 6.07) is 44.9. The molecule has 2 atom stereocenters. The molecule has 0 spiro atoms. The summed E-state index contributed by atoms with van der Waals surface area (Å²) < 4.78 is 17.4. The Bertz CT molecular complexity index is 2110. The molecule has 2 aliphatic carbocycles. The van der Waals surface area contributed by atoms with Gasteiger partial charge in [0.1, 0.15) is 11.0 Å². The van der Waals surface area contributed by atoms with E-state index in [-0.39, 0.29) is 6.04 Å². The van der Waals surface area contributed by atoms with Crippen LogP contribution in [-0.4, -0.2) is 24.6 Å². The van der Waals surface area contributed by atoms with E-state index in [0.717, 1.165) is 11.3 Å². The molecule has 0 saturated heterocycles. The Hall–Kier alpha value is -3.36. The topological polar surface area (TPSA) is 20.3 Å². The predicted molar refractivity (Wildman–Crippen MR) is 227 cm³/mol. The number of nitrogens with zero attached hydrogens (tertiary/aromatic N) is 1. The highest BCUT2D eigenvalue weighted by Gasteiger charge is 2.39. The van der Waals surface area contributed by atoms with Gasteiger partial charge in [0.15, 0.2) is 0 Å². The Morgan fingerprint density at radius 3 is 1.67 bits per heavy atom. The molecule has 8 rings (SSSR count). The normalized spacial score (nSPS) is 17.7. The third-order valence-electron chi connectivity index (χ3n) is 11.8. The second-order valence-electron chi connectivity index (χ2n) is 16.3. The molecule has 52 heavy (non-hydrogen) atoms. The summed E-state index contributed by atoms with van der Waals surface area (Å²) in [7, 11) is -1.72. The van der Waals surface area contributed by atoms with E-state index >= 15 is 4.21 Å². The molecule has 6 aromatic carbocycles. The van der Waals surface area contributed by atoms with Gasteiger partial charge in [0.25, 0.3) is 0 Å². The van der Waals surface area contributed by atoms with Crippen LogP contribution in [0.3, 0.4) is 0 Å². The van der Waals surface area contributed by atoms with Crippen LogP contribution in [0.4, 0.5) is 0 Å². The number of hydrogen-bond acceptors (Lipinski definition) is 1. The molecule has 2 saturated carbocycles. The third-order valence-corrected chi connectivity index (χ3v) is 17.2.